The summed E-state index contributed by atoms with van der Waals surface area (Å²) in [5.74, 6) is 1.01. The summed E-state index contributed by atoms with van der Waals surface area (Å²) in [6, 6.07) is 0.173. The minimum Gasteiger partial charge on any atom is -0.376 e. The van der Waals surface area contributed by atoms with E-state index in [1.54, 1.807) is 0 Å². The summed E-state index contributed by atoms with van der Waals surface area (Å²) in [7, 11) is 0. The Hall–Kier alpha value is -0.570. The molecule has 3 heteroatoms. The largest absolute Gasteiger partial charge is 0.376 e. The van der Waals surface area contributed by atoms with Crippen LogP contribution in [0.2, 0.25) is 0 Å². The highest BCUT2D eigenvalue weighted by Gasteiger charge is 2.23. The quantitative estimate of drug-likeness (QED) is 0.818. The normalized spacial score (nSPS) is 27.1. The van der Waals surface area contributed by atoms with Crippen LogP contribution < -0.4 is 5.32 Å². The highest BCUT2D eigenvalue weighted by atomic mass is 16.5. The molecule has 104 valence electrons. The first-order valence-corrected chi connectivity index (χ1v) is 7.66. The molecule has 2 atom stereocenters. The summed E-state index contributed by atoms with van der Waals surface area (Å²) in [6.45, 7) is 2.92. The molecular weight excluding hydrogens is 226 g/mol. The molecule has 0 aromatic heterocycles. The Morgan fingerprint density at radius 2 is 2.00 bits per heavy atom. The molecule has 0 bridgehead atoms. The third kappa shape index (κ3) is 4.27. The van der Waals surface area contributed by atoms with Gasteiger partial charge in [0.25, 0.3) is 0 Å². The number of ether oxygens (including phenoxy) is 1. The summed E-state index contributed by atoms with van der Waals surface area (Å²) in [5.41, 5.74) is 0. The van der Waals surface area contributed by atoms with Gasteiger partial charge < -0.3 is 10.1 Å². The summed E-state index contributed by atoms with van der Waals surface area (Å²) in [4.78, 5) is 11.9. The van der Waals surface area contributed by atoms with Gasteiger partial charge in [0.2, 0.25) is 5.91 Å². The van der Waals surface area contributed by atoms with Gasteiger partial charge in [-0.25, -0.2) is 0 Å². The Bertz CT molecular complexity index is 255. The van der Waals surface area contributed by atoms with Gasteiger partial charge in [-0.1, -0.05) is 32.1 Å². The Kier molecular flexibility index (Phi) is 5.48. The Morgan fingerprint density at radius 1 is 1.22 bits per heavy atom. The van der Waals surface area contributed by atoms with Gasteiger partial charge in [-0.2, -0.15) is 0 Å². The Labute approximate surface area is 111 Å². The van der Waals surface area contributed by atoms with E-state index in [4.69, 9.17) is 4.74 Å². The third-order valence-corrected chi connectivity index (χ3v) is 4.42. The van der Waals surface area contributed by atoms with Gasteiger partial charge in [-0.15, -0.1) is 0 Å². The van der Waals surface area contributed by atoms with Crippen molar-refractivity contribution in [3.8, 4) is 0 Å². The molecule has 1 aliphatic carbocycles. The van der Waals surface area contributed by atoms with Gasteiger partial charge in [-0.3, -0.25) is 4.79 Å². The molecule has 1 amide bonds. The number of nitrogens with one attached hydrogen (secondary N) is 1. The van der Waals surface area contributed by atoms with Crippen LogP contribution in [0.15, 0.2) is 0 Å². The highest BCUT2D eigenvalue weighted by molar-refractivity contribution is 5.76. The number of rotatable bonds is 5. The van der Waals surface area contributed by atoms with Crippen LogP contribution in [0.1, 0.15) is 64.7 Å². The van der Waals surface area contributed by atoms with Crippen molar-refractivity contribution in [1.29, 1.82) is 0 Å². The zero-order valence-corrected chi connectivity index (χ0v) is 11.6. The first-order chi connectivity index (χ1) is 8.75. The lowest BCUT2D eigenvalue weighted by atomic mass is 9.86. The van der Waals surface area contributed by atoms with E-state index in [0.29, 0.717) is 6.42 Å². The van der Waals surface area contributed by atoms with Gasteiger partial charge in [-0.05, 0) is 32.1 Å². The molecule has 2 rings (SSSR count). The second-order valence-corrected chi connectivity index (χ2v) is 5.95. The Balaban J connectivity index is 1.61. The molecule has 1 saturated carbocycles. The SMILES string of the molecule is C[C@@H](NC(=O)CCC1CCCCC1)[C@H]1CCCO1. The summed E-state index contributed by atoms with van der Waals surface area (Å²) in [6.07, 6.45) is 11.0. The van der Waals surface area contributed by atoms with Crippen LogP contribution in [-0.4, -0.2) is 24.7 Å². The van der Waals surface area contributed by atoms with Crippen LogP contribution in [0, 0.1) is 5.92 Å². The van der Waals surface area contributed by atoms with Gasteiger partial charge in [0.1, 0.15) is 0 Å². The van der Waals surface area contributed by atoms with Crippen molar-refractivity contribution in [3.63, 3.8) is 0 Å². The predicted molar refractivity (Wildman–Crippen MR) is 72.4 cm³/mol. The van der Waals surface area contributed by atoms with Gasteiger partial charge >= 0.3 is 0 Å². The molecule has 2 aliphatic rings. The van der Waals surface area contributed by atoms with E-state index in [1.807, 2.05) is 0 Å². The lowest BCUT2D eigenvalue weighted by Crippen LogP contribution is -2.40. The fourth-order valence-corrected chi connectivity index (χ4v) is 3.23. The van der Waals surface area contributed by atoms with Crippen molar-refractivity contribution >= 4 is 5.91 Å². The van der Waals surface area contributed by atoms with E-state index in [0.717, 1.165) is 31.8 Å². The van der Waals surface area contributed by atoms with E-state index >= 15 is 0 Å². The molecule has 0 radical (unpaired) electrons. The molecule has 0 unspecified atom stereocenters. The maximum absolute atomic E-state index is 11.9. The van der Waals surface area contributed by atoms with Crippen molar-refractivity contribution in [2.45, 2.75) is 76.9 Å². The topological polar surface area (TPSA) is 38.3 Å². The van der Waals surface area contributed by atoms with Crippen LogP contribution in [0.25, 0.3) is 0 Å². The second kappa shape index (κ2) is 7.13. The summed E-state index contributed by atoms with van der Waals surface area (Å²) >= 11 is 0. The molecule has 1 aliphatic heterocycles. The first kappa shape index (κ1) is 13.9. The average molecular weight is 253 g/mol. The first-order valence-electron chi connectivity index (χ1n) is 7.66. The van der Waals surface area contributed by atoms with Crippen molar-refractivity contribution in [2.75, 3.05) is 6.61 Å². The predicted octanol–water partition coefficient (Wildman–Crippen LogP) is 3.03. The van der Waals surface area contributed by atoms with Gasteiger partial charge in [0, 0.05) is 13.0 Å². The maximum atomic E-state index is 11.9. The lowest BCUT2D eigenvalue weighted by Gasteiger charge is -2.23. The van der Waals surface area contributed by atoms with Crippen molar-refractivity contribution in [2.24, 2.45) is 5.92 Å². The van der Waals surface area contributed by atoms with Crippen LogP contribution in [-0.2, 0) is 9.53 Å². The monoisotopic (exact) mass is 253 g/mol. The second-order valence-electron chi connectivity index (χ2n) is 5.95. The number of hydrogen-bond donors (Lipinski definition) is 1. The van der Waals surface area contributed by atoms with Gasteiger partial charge in [0.15, 0.2) is 0 Å². The van der Waals surface area contributed by atoms with E-state index in [2.05, 4.69) is 12.2 Å². The smallest absolute Gasteiger partial charge is 0.220 e. The van der Waals surface area contributed by atoms with E-state index in [-0.39, 0.29) is 18.1 Å². The van der Waals surface area contributed by atoms with Gasteiger partial charge in [0.05, 0.1) is 12.1 Å². The zero-order valence-electron chi connectivity index (χ0n) is 11.6. The van der Waals surface area contributed by atoms with E-state index in [1.165, 1.54) is 32.1 Å². The fraction of sp³-hybridized carbons (Fsp3) is 0.933. The molecule has 0 aromatic rings. The van der Waals surface area contributed by atoms with Crippen molar-refractivity contribution in [3.05, 3.63) is 0 Å². The molecule has 2 fully saturated rings. The minimum absolute atomic E-state index is 0.173. The molecule has 1 heterocycles. The molecule has 0 aromatic carbocycles. The molecule has 1 N–H and O–H groups in total. The van der Waals surface area contributed by atoms with Crippen molar-refractivity contribution in [1.82, 2.24) is 5.32 Å². The molecule has 0 spiro atoms. The van der Waals surface area contributed by atoms with Crippen LogP contribution >= 0.6 is 0 Å². The third-order valence-electron chi connectivity index (χ3n) is 4.42. The molecular formula is C15H27NO2. The van der Waals surface area contributed by atoms with Crippen LogP contribution in [0.3, 0.4) is 0 Å². The number of carbonyl (C=O) groups excluding carboxylic acids is 1. The lowest BCUT2D eigenvalue weighted by molar-refractivity contribution is -0.122. The van der Waals surface area contributed by atoms with E-state index < -0.39 is 0 Å². The highest BCUT2D eigenvalue weighted by Crippen LogP contribution is 2.27. The zero-order chi connectivity index (χ0) is 12.8. The standard InChI is InChI=1S/C15H27NO2/c1-12(14-8-5-11-18-14)16-15(17)10-9-13-6-3-2-4-7-13/h12-14H,2-11H2,1H3,(H,16,17)/t12-,14-/m1/s1. The summed E-state index contributed by atoms with van der Waals surface area (Å²) < 4.78 is 5.60. The Morgan fingerprint density at radius 3 is 2.67 bits per heavy atom. The molecule has 3 nitrogen and oxygen atoms in total. The number of hydrogen-bond acceptors (Lipinski definition) is 2. The number of carbonyl (C=O) groups is 1. The molecule has 18 heavy (non-hydrogen) atoms. The van der Waals surface area contributed by atoms with E-state index in [9.17, 15) is 4.79 Å². The number of amides is 1. The molecule has 1 saturated heterocycles. The summed E-state index contributed by atoms with van der Waals surface area (Å²) in [5, 5.41) is 3.10. The van der Waals surface area contributed by atoms with Crippen LogP contribution in [0.5, 0.6) is 0 Å². The van der Waals surface area contributed by atoms with Crippen molar-refractivity contribution < 1.29 is 9.53 Å². The minimum atomic E-state index is 0.173. The van der Waals surface area contributed by atoms with Crippen LogP contribution in [0.4, 0.5) is 0 Å². The maximum Gasteiger partial charge on any atom is 0.220 e. The average Bonchev–Trinajstić information content (AvgIpc) is 2.91. The fourth-order valence-electron chi connectivity index (χ4n) is 3.23.